The normalized spacial score (nSPS) is 22.3. The summed E-state index contributed by atoms with van der Waals surface area (Å²) in [6.07, 6.45) is -1.08. The number of anilines is 2. The topological polar surface area (TPSA) is 93.0 Å². The maximum atomic E-state index is 13.6. The fourth-order valence-electron chi connectivity index (χ4n) is 4.38. The number of hydrogen-bond acceptors (Lipinski definition) is 6. The lowest BCUT2D eigenvalue weighted by Crippen LogP contribution is -2.37. The Morgan fingerprint density at radius 3 is 2.19 bits per heavy atom. The minimum Gasteiger partial charge on any atom is -0.273 e. The van der Waals surface area contributed by atoms with Crippen molar-refractivity contribution in [3.8, 4) is 0 Å². The van der Waals surface area contributed by atoms with Crippen LogP contribution >= 0.6 is 0 Å². The standard InChI is InChI=1S/C24H19N3O5/c1-15-11-13-16(14-12-15)25-23(28)20-21(18-9-5-6-10-19(18)27(30)31)26(32-22(20)24(25)29)17-7-3-2-4-8-17/h2-14,20-22H,1H3/t20-,21+,22-/m1/s1. The Kier molecular flexibility index (Phi) is 4.71. The molecule has 2 aliphatic rings. The Morgan fingerprint density at radius 1 is 0.844 bits per heavy atom. The zero-order valence-electron chi connectivity index (χ0n) is 17.1. The molecule has 2 aliphatic heterocycles. The van der Waals surface area contributed by atoms with E-state index in [-0.39, 0.29) is 5.69 Å². The molecule has 3 aromatic carbocycles. The highest BCUT2D eigenvalue weighted by atomic mass is 16.7. The average molecular weight is 429 g/mol. The molecule has 0 aliphatic carbocycles. The molecular weight excluding hydrogens is 410 g/mol. The van der Waals surface area contributed by atoms with Gasteiger partial charge >= 0.3 is 0 Å². The average Bonchev–Trinajstić information content (AvgIpc) is 3.31. The van der Waals surface area contributed by atoms with Crippen molar-refractivity contribution in [1.82, 2.24) is 0 Å². The van der Waals surface area contributed by atoms with Gasteiger partial charge in [0.15, 0.2) is 6.10 Å². The lowest BCUT2D eigenvalue weighted by Gasteiger charge is -2.28. The lowest BCUT2D eigenvalue weighted by molar-refractivity contribution is -0.385. The van der Waals surface area contributed by atoms with E-state index in [0.29, 0.717) is 16.9 Å². The fourth-order valence-corrected chi connectivity index (χ4v) is 4.38. The summed E-state index contributed by atoms with van der Waals surface area (Å²) in [5.41, 5.74) is 2.25. The van der Waals surface area contributed by atoms with Crippen LogP contribution < -0.4 is 9.96 Å². The van der Waals surface area contributed by atoms with E-state index in [1.165, 1.54) is 11.1 Å². The molecule has 0 aromatic heterocycles. The van der Waals surface area contributed by atoms with Gasteiger partial charge in [-0.05, 0) is 37.3 Å². The molecule has 3 atom stereocenters. The molecular formula is C24H19N3O5. The van der Waals surface area contributed by atoms with Crippen molar-refractivity contribution in [3.05, 3.63) is 100 Å². The van der Waals surface area contributed by atoms with Crippen LogP contribution in [0.5, 0.6) is 0 Å². The van der Waals surface area contributed by atoms with Crippen molar-refractivity contribution in [2.75, 3.05) is 9.96 Å². The van der Waals surface area contributed by atoms with E-state index in [9.17, 15) is 19.7 Å². The number of nitro benzene ring substituents is 1. The maximum absolute atomic E-state index is 13.6. The van der Waals surface area contributed by atoms with Crippen molar-refractivity contribution in [2.45, 2.75) is 19.1 Å². The van der Waals surface area contributed by atoms with Crippen LogP contribution in [0.15, 0.2) is 78.9 Å². The Hall–Kier alpha value is -4.04. The highest BCUT2D eigenvalue weighted by Crippen LogP contribution is 2.49. The van der Waals surface area contributed by atoms with Crippen molar-refractivity contribution < 1.29 is 19.3 Å². The predicted molar refractivity (Wildman–Crippen MR) is 117 cm³/mol. The number of hydroxylamine groups is 1. The van der Waals surface area contributed by atoms with Gasteiger partial charge in [0.05, 0.1) is 21.9 Å². The van der Waals surface area contributed by atoms with Crippen molar-refractivity contribution >= 4 is 28.9 Å². The van der Waals surface area contributed by atoms with E-state index >= 15 is 0 Å². The zero-order valence-corrected chi connectivity index (χ0v) is 17.1. The van der Waals surface area contributed by atoms with E-state index < -0.39 is 34.8 Å². The highest BCUT2D eigenvalue weighted by Gasteiger charge is 2.61. The van der Waals surface area contributed by atoms with Crippen LogP contribution in [0.1, 0.15) is 17.2 Å². The molecule has 2 amide bonds. The van der Waals surface area contributed by atoms with Crippen molar-refractivity contribution in [1.29, 1.82) is 0 Å². The van der Waals surface area contributed by atoms with Gasteiger partial charge in [0.1, 0.15) is 12.0 Å². The molecule has 2 saturated heterocycles. The summed E-state index contributed by atoms with van der Waals surface area (Å²) in [5, 5.41) is 13.2. The number of rotatable bonds is 4. The predicted octanol–water partition coefficient (Wildman–Crippen LogP) is 3.95. The van der Waals surface area contributed by atoms with Gasteiger partial charge in [-0.15, -0.1) is 0 Å². The largest absolute Gasteiger partial charge is 0.274 e. The molecule has 0 N–H and O–H groups in total. The molecule has 8 heteroatoms. The minimum atomic E-state index is -1.08. The number of imide groups is 1. The second-order valence-corrected chi connectivity index (χ2v) is 7.82. The molecule has 8 nitrogen and oxygen atoms in total. The molecule has 5 rings (SSSR count). The molecule has 0 bridgehead atoms. The van der Waals surface area contributed by atoms with E-state index in [1.807, 2.05) is 25.1 Å². The fraction of sp³-hybridized carbons (Fsp3) is 0.167. The first-order chi connectivity index (χ1) is 15.5. The van der Waals surface area contributed by atoms with Crippen LogP contribution in [0, 0.1) is 23.0 Å². The Morgan fingerprint density at radius 2 is 1.50 bits per heavy atom. The highest BCUT2D eigenvalue weighted by molar-refractivity contribution is 6.24. The molecule has 0 spiro atoms. The maximum Gasteiger partial charge on any atom is 0.274 e. The molecule has 0 saturated carbocycles. The van der Waals surface area contributed by atoms with E-state index in [1.54, 1.807) is 54.6 Å². The van der Waals surface area contributed by atoms with Crippen LogP contribution in [-0.4, -0.2) is 22.8 Å². The Balaban J connectivity index is 1.63. The van der Waals surface area contributed by atoms with Gasteiger partial charge in [-0.25, -0.2) is 9.96 Å². The molecule has 32 heavy (non-hydrogen) atoms. The van der Waals surface area contributed by atoms with Gasteiger partial charge in [0.2, 0.25) is 5.91 Å². The van der Waals surface area contributed by atoms with Crippen LogP contribution in [0.25, 0.3) is 0 Å². The van der Waals surface area contributed by atoms with E-state index in [2.05, 4.69) is 0 Å². The van der Waals surface area contributed by atoms with Gasteiger partial charge in [-0.2, -0.15) is 0 Å². The van der Waals surface area contributed by atoms with Crippen LogP contribution in [0.3, 0.4) is 0 Å². The number of para-hydroxylation sites is 2. The monoisotopic (exact) mass is 429 g/mol. The van der Waals surface area contributed by atoms with Crippen molar-refractivity contribution in [3.63, 3.8) is 0 Å². The number of fused-ring (bicyclic) bond motifs is 1. The zero-order chi connectivity index (χ0) is 22.4. The number of carbonyl (C=O) groups is 2. The number of aryl methyl sites for hydroxylation is 1. The first-order valence-corrected chi connectivity index (χ1v) is 10.2. The molecule has 2 heterocycles. The SMILES string of the molecule is Cc1ccc(N2C(=O)[C@H]3[C@@H](ON(c4ccccc4)[C@H]3c3ccccc3[N+](=O)[O-])C2=O)cc1. The number of carbonyl (C=O) groups excluding carboxylic acids is 2. The van der Waals surface area contributed by atoms with Crippen LogP contribution in [-0.2, 0) is 14.4 Å². The number of nitro groups is 1. The number of nitrogens with zero attached hydrogens (tertiary/aromatic N) is 3. The molecule has 160 valence electrons. The van der Waals surface area contributed by atoms with Gasteiger partial charge in [-0.1, -0.05) is 48.0 Å². The number of hydrogen-bond donors (Lipinski definition) is 0. The third-order valence-electron chi connectivity index (χ3n) is 5.87. The molecule has 2 fully saturated rings. The number of amides is 2. The summed E-state index contributed by atoms with van der Waals surface area (Å²) in [5.74, 6) is -1.85. The summed E-state index contributed by atoms with van der Waals surface area (Å²) in [4.78, 5) is 45.3. The molecule has 3 aromatic rings. The smallest absolute Gasteiger partial charge is 0.273 e. The lowest BCUT2D eigenvalue weighted by atomic mass is 9.89. The molecule has 0 unspecified atom stereocenters. The van der Waals surface area contributed by atoms with Crippen LogP contribution in [0.2, 0.25) is 0 Å². The summed E-state index contributed by atoms with van der Waals surface area (Å²) in [6, 6.07) is 21.4. The quantitative estimate of drug-likeness (QED) is 0.354. The van der Waals surface area contributed by atoms with E-state index in [0.717, 1.165) is 10.5 Å². The summed E-state index contributed by atoms with van der Waals surface area (Å²) in [7, 11) is 0. The third kappa shape index (κ3) is 3.04. The number of benzene rings is 3. The Bertz CT molecular complexity index is 1210. The summed E-state index contributed by atoms with van der Waals surface area (Å²) in [6.45, 7) is 1.91. The third-order valence-corrected chi connectivity index (χ3v) is 5.87. The second-order valence-electron chi connectivity index (χ2n) is 7.82. The van der Waals surface area contributed by atoms with Gasteiger partial charge < -0.3 is 0 Å². The summed E-state index contributed by atoms with van der Waals surface area (Å²) < 4.78 is 0. The summed E-state index contributed by atoms with van der Waals surface area (Å²) >= 11 is 0. The van der Waals surface area contributed by atoms with Gasteiger partial charge in [0.25, 0.3) is 11.6 Å². The minimum absolute atomic E-state index is 0.128. The van der Waals surface area contributed by atoms with Gasteiger partial charge in [-0.3, -0.25) is 24.5 Å². The second kappa shape index (κ2) is 7.58. The first-order valence-electron chi connectivity index (χ1n) is 10.2. The first kappa shape index (κ1) is 19.9. The van der Waals surface area contributed by atoms with E-state index in [4.69, 9.17) is 4.84 Å². The Labute approximate surface area is 183 Å². The molecule has 0 radical (unpaired) electrons. The van der Waals surface area contributed by atoms with Crippen molar-refractivity contribution in [2.24, 2.45) is 5.92 Å². The van der Waals surface area contributed by atoms with Crippen LogP contribution in [0.4, 0.5) is 17.1 Å². The van der Waals surface area contributed by atoms with Gasteiger partial charge in [0, 0.05) is 6.07 Å².